The summed E-state index contributed by atoms with van der Waals surface area (Å²) in [6, 6.07) is 13.1. The molecule has 13 heteroatoms. The Labute approximate surface area is 200 Å². The predicted octanol–water partition coefficient (Wildman–Crippen LogP) is 2.90. The number of nitrogens with zero attached hydrogens (tertiary/aromatic N) is 4. The Morgan fingerprint density at radius 3 is 2.26 bits per heavy atom. The number of halogens is 3. The first-order valence-electron chi connectivity index (χ1n) is 10.5. The van der Waals surface area contributed by atoms with Crippen LogP contribution in [0.4, 0.5) is 13.2 Å². The van der Waals surface area contributed by atoms with Crippen LogP contribution in [0.2, 0.25) is 0 Å². The van der Waals surface area contributed by atoms with Crippen LogP contribution in [0.1, 0.15) is 26.3 Å². The summed E-state index contributed by atoms with van der Waals surface area (Å²) in [6.07, 6.45) is -5.37. The van der Waals surface area contributed by atoms with Crippen molar-refractivity contribution in [3.8, 4) is 11.4 Å². The van der Waals surface area contributed by atoms with Crippen molar-refractivity contribution >= 4 is 15.7 Å². The summed E-state index contributed by atoms with van der Waals surface area (Å²) in [5.41, 5.74) is 0.389. The van der Waals surface area contributed by atoms with E-state index in [1.165, 1.54) is 0 Å². The molecule has 0 saturated heterocycles. The SMILES string of the molecule is CC(C)(C)Oc1ccc(C[C@@H](CS(=O)(=O)c2nnnn2-c2ccccc2)NC(=O)C(F)(F)F)cc1. The maximum Gasteiger partial charge on any atom is 0.471 e. The van der Waals surface area contributed by atoms with Crippen molar-refractivity contribution in [2.24, 2.45) is 0 Å². The lowest BCUT2D eigenvalue weighted by Crippen LogP contribution is -2.47. The van der Waals surface area contributed by atoms with Crippen molar-refractivity contribution in [3.63, 3.8) is 0 Å². The number of nitrogens with one attached hydrogen (secondary N) is 1. The number of rotatable bonds is 8. The van der Waals surface area contributed by atoms with Crippen molar-refractivity contribution in [3.05, 3.63) is 60.2 Å². The minimum absolute atomic E-state index is 0.191. The highest BCUT2D eigenvalue weighted by Crippen LogP contribution is 2.21. The van der Waals surface area contributed by atoms with Gasteiger partial charge in [-0.15, -0.1) is 0 Å². The summed E-state index contributed by atoms with van der Waals surface area (Å²) >= 11 is 0. The molecule has 0 aliphatic rings. The molecular formula is C22H24F3N5O4S. The maximum absolute atomic E-state index is 13.1. The van der Waals surface area contributed by atoms with E-state index in [-0.39, 0.29) is 6.42 Å². The maximum atomic E-state index is 13.1. The quantitative estimate of drug-likeness (QED) is 0.494. The summed E-state index contributed by atoms with van der Waals surface area (Å²) in [5, 5.41) is 11.9. The van der Waals surface area contributed by atoms with E-state index < -0.39 is 44.5 Å². The molecule has 0 fully saturated rings. The van der Waals surface area contributed by atoms with Crippen LogP contribution in [0.3, 0.4) is 0 Å². The molecule has 188 valence electrons. The van der Waals surface area contributed by atoms with E-state index in [4.69, 9.17) is 4.74 Å². The van der Waals surface area contributed by atoms with E-state index in [1.807, 2.05) is 20.8 Å². The zero-order valence-electron chi connectivity index (χ0n) is 19.2. The zero-order chi connectivity index (χ0) is 25.9. The van der Waals surface area contributed by atoms with Gasteiger partial charge >= 0.3 is 12.1 Å². The third-order valence-electron chi connectivity index (χ3n) is 4.56. The Bertz CT molecular complexity index is 1250. The number of benzene rings is 2. The third kappa shape index (κ3) is 7.25. The van der Waals surface area contributed by atoms with Crippen LogP contribution >= 0.6 is 0 Å². The highest BCUT2D eigenvalue weighted by atomic mass is 32.2. The molecule has 0 aliphatic heterocycles. The lowest BCUT2D eigenvalue weighted by Gasteiger charge is -2.22. The Hall–Kier alpha value is -3.48. The van der Waals surface area contributed by atoms with E-state index in [0.717, 1.165) is 4.68 Å². The number of aromatic nitrogens is 4. The minimum Gasteiger partial charge on any atom is -0.488 e. The standard InChI is InChI=1S/C22H24F3N5O4S/c1-21(2,3)34-18-11-9-15(10-12-18)13-16(26-19(31)22(23,24)25)14-35(32,33)20-27-28-29-30(20)17-7-5-4-6-8-17/h4-12,16H,13-14H2,1-3H3,(H,26,31)/t16-/m0/s1. The summed E-state index contributed by atoms with van der Waals surface area (Å²) in [6.45, 7) is 5.58. The summed E-state index contributed by atoms with van der Waals surface area (Å²) in [5.74, 6) is -2.57. The van der Waals surface area contributed by atoms with Gasteiger partial charge in [0.25, 0.3) is 5.16 Å². The smallest absolute Gasteiger partial charge is 0.471 e. The molecule has 0 bridgehead atoms. The topological polar surface area (TPSA) is 116 Å². The number of alkyl halides is 3. The highest BCUT2D eigenvalue weighted by molar-refractivity contribution is 7.91. The summed E-state index contributed by atoms with van der Waals surface area (Å²) in [7, 11) is -4.32. The minimum atomic E-state index is -5.18. The van der Waals surface area contributed by atoms with E-state index in [9.17, 15) is 26.4 Å². The van der Waals surface area contributed by atoms with E-state index in [2.05, 4.69) is 15.5 Å². The van der Waals surface area contributed by atoms with Crippen LogP contribution in [0.15, 0.2) is 59.8 Å². The average Bonchev–Trinajstić information content (AvgIpc) is 3.25. The van der Waals surface area contributed by atoms with Crippen LogP contribution in [-0.4, -0.2) is 58.1 Å². The van der Waals surface area contributed by atoms with Crippen LogP contribution < -0.4 is 10.1 Å². The molecule has 9 nitrogen and oxygen atoms in total. The number of carbonyl (C=O) groups is 1. The van der Waals surface area contributed by atoms with Crippen LogP contribution in [0.25, 0.3) is 5.69 Å². The molecule has 1 N–H and O–H groups in total. The van der Waals surface area contributed by atoms with Crippen LogP contribution in [0.5, 0.6) is 5.75 Å². The number of carbonyl (C=O) groups excluding carboxylic acids is 1. The van der Waals surface area contributed by atoms with Gasteiger partial charge < -0.3 is 10.1 Å². The van der Waals surface area contributed by atoms with Gasteiger partial charge in [0.2, 0.25) is 9.84 Å². The number of para-hydroxylation sites is 1. The normalized spacial score (nSPS) is 13.3. The fourth-order valence-electron chi connectivity index (χ4n) is 3.19. The molecule has 0 saturated carbocycles. The Balaban J connectivity index is 1.86. The van der Waals surface area contributed by atoms with Crippen molar-refractivity contribution in [2.45, 2.75) is 50.2 Å². The number of hydrogen-bond donors (Lipinski definition) is 1. The predicted molar refractivity (Wildman–Crippen MR) is 120 cm³/mol. The van der Waals surface area contributed by atoms with Crippen molar-refractivity contribution in [2.75, 3.05) is 5.75 Å². The third-order valence-corrected chi connectivity index (χ3v) is 6.21. The molecular weight excluding hydrogens is 487 g/mol. The molecule has 1 heterocycles. The fourth-order valence-corrected chi connectivity index (χ4v) is 4.64. The molecule has 35 heavy (non-hydrogen) atoms. The van der Waals surface area contributed by atoms with Crippen molar-refractivity contribution in [1.82, 2.24) is 25.5 Å². The molecule has 1 atom stereocenters. The summed E-state index contributed by atoms with van der Waals surface area (Å²) in [4.78, 5) is 11.6. The van der Waals surface area contributed by atoms with Gasteiger partial charge in [0, 0.05) is 6.04 Å². The number of ether oxygens (including phenoxy) is 1. The molecule has 2 aromatic carbocycles. The molecule has 3 aromatic rings. The van der Waals surface area contributed by atoms with Gasteiger partial charge in [-0.1, -0.05) is 35.4 Å². The molecule has 0 unspecified atom stereocenters. The first-order chi connectivity index (χ1) is 16.2. The molecule has 0 aliphatic carbocycles. The lowest BCUT2D eigenvalue weighted by atomic mass is 10.1. The Morgan fingerprint density at radius 1 is 1.06 bits per heavy atom. The number of tetrazole rings is 1. The fraction of sp³-hybridized carbons (Fsp3) is 0.364. The monoisotopic (exact) mass is 511 g/mol. The van der Waals surface area contributed by atoms with E-state index >= 15 is 0 Å². The first kappa shape index (κ1) is 26.1. The second kappa shape index (κ2) is 10.0. The largest absolute Gasteiger partial charge is 0.488 e. The zero-order valence-corrected chi connectivity index (χ0v) is 20.0. The van der Waals surface area contributed by atoms with Crippen LogP contribution in [0, 0.1) is 0 Å². The highest BCUT2D eigenvalue weighted by Gasteiger charge is 2.41. The van der Waals surface area contributed by atoms with Gasteiger partial charge in [0.15, 0.2) is 0 Å². The molecule has 1 aromatic heterocycles. The van der Waals surface area contributed by atoms with Crippen LogP contribution in [-0.2, 0) is 21.1 Å². The second-order valence-corrected chi connectivity index (χ2v) is 10.6. The molecule has 0 spiro atoms. The second-order valence-electron chi connectivity index (χ2n) is 8.72. The lowest BCUT2D eigenvalue weighted by molar-refractivity contribution is -0.174. The Morgan fingerprint density at radius 2 is 1.69 bits per heavy atom. The molecule has 0 radical (unpaired) electrons. The number of hydrogen-bond acceptors (Lipinski definition) is 7. The average molecular weight is 512 g/mol. The first-order valence-corrected chi connectivity index (χ1v) is 12.1. The number of amides is 1. The van der Waals surface area contributed by atoms with Crippen molar-refractivity contribution in [1.29, 1.82) is 0 Å². The van der Waals surface area contributed by atoms with Gasteiger partial charge in [0.1, 0.15) is 11.4 Å². The van der Waals surface area contributed by atoms with Crippen molar-refractivity contribution < 1.29 is 31.1 Å². The van der Waals surface area contributed by atoms with Gasteiger partial charge in [-0.25, -0.2) is 8.42 Å². The molecule has 3 rings (SSSR count). The van der Waals surface area contributed by atoms with Gasteiger partial charge in [-0.2, -0.15) is 17.9 Å². The van der Waals surface area contributed by atoms with E-state index in [1.54, 1.807) is 59.9 Å². The van der Waals surface area contributed by atoms with Gasteiger partial charge in [0.05, 0.1) is 11.4 Å². The number of sulfone groups is 1. The van der Waals surface area contributed by atoms with Gasteiger partial charge in [-0.05, 0) is 67.4 Å². The Kier molecular flexibility index (Phi) is 7.48. The molecule has 1 amide bonds. The van der Waals surface area contributed by atoms with E-state index in [0.29, 0.717) is 17.0 Å². The van der Waals surface area contributed by atoms with Gasteiger partial charge in [-0.3, -0.25) is 4.79 Å². The summed E-state index contributed by atoms with van der Waals surface area (Å²) < 4.78 is 71.7.